The summed E-state index contributed by atoms with van der Waals surface area (Å²) >= 11 is 0. The van der Waals surface area contributed by atoms with Crippen LogP contribution >= 0.6 is 0 Å². The molecule has 2 rings (SSSR count). The Morgan fingerprint density at radius 2 is 1.54 bits per heavy atom. The lowest BCUT2D eigenvalue weighted by Crippen LogP contribution is -2.31. The predicted molar refractivity (Wildman–Crippen MR) is 115 cm³/mol. The normalized spacial score (nSPS) is 26.6. The van der Waals surface area contributed by atoms with Gasteiger partial charge in [-0.15, -0.1) is 0 Å². The van der Waals surface area contributed by atoms with Gasteiger partial charge < -0.3 is 4.74 Å². The standard InChI is InChI=1S/C25H46O/c1-4-11-22-14-16-24(17-15-22)26-21-10-20-25(18-8-7-9-19-25)23(12-5-2)13-6-3/h10,20,22-24H,4-9,11-19,21H2,1-3H3/b20-10+/t22-,24-. The van der Waals surface area contributed by atoms with Gasteiger partial charge in [-0.05, 0) is 68.6 Å². The molecule has 0 atom stereocenters. The van der Waals surface area contributed by atoms with E-state index >= 15 is 0 Å². The summed E-state index contributed by atoms with van der Waals surface area (Å²) in [6.45, 7) is 7.89. The van der Waals surface area contributed by atoms with Crippen molar-refractivity contribution in [1.82, 2.24) is 0 Å². The molecule has 0 amide bonds. The topological polar surface area (TPSA) is 9.23 Å². The average Bonchev–Trinajstić information content (AvgIpc) is 2.67. The minimum atomic E-state index is 0.479. The molecule has 152 valence electrons. The molecule has 0 N–H and O–H groups in total. The van der Waals surface area contributed by atoms with Gasteiger partial charge in [-0.25, -0.2) is 0 Å². The van der Waals surface area contributed by atoms with Crippen LogP contribution in [0.2, 0.25) is 0 Å². The Balaban J connectivity index is 1.84. The maximum Gasteiger partial charge on any atom is 0.0651 e. The van der Waals surface area contributed by atoms with E-state index in [0.29, 0.717) is 11.5 Å². The summed E-state index contributed by atoms with van der Waals surface area (Å²) in [7, 11) is 0. The number of hydrogen-bond donors (Lipinski definition) is 0. The third-order valence-electron chi connectivity index (χ3n) is 7.24. The van der Waals surface area contributed by atoms with Gasteiger partial charge in [0.2, 0.25) is 0 Å². The van der Waals surface area contributed by atoms with Crippen LogP contribution in [0, 0.1) is 17.3 Å². The first-order valence-corrected chi connectivity index (χ1v) is 12.0. The molecule has 2 fully saturated rings. The number of hydrogen-bond acceptors (Lipinski definition) is 1. The molecule has 2 aliphatic carbocycles. The summed E-state index contributed by atoms with van der Waals surface area (Å²) in [6, 6.07) is 0. The fourth-order valence-corrected chi connectivity index (χ4v) is 5.81. The molecule has 0 unspecified atom stereocenters. The van der Waals surface area contributed by atoms with Crippen LogP contribution in [0.25, 0.3) is 0 Å². The van der Waals surface area contributed by atoms with E-state index in [0.717, 1.165) is 18.4 Å². The summed E-state index contributed by atoms with van der Waals surface area (Å²) in [5.74, 6) is 1.86. The summed E-state index contributed by atoms with van der Waals surface area (Å²) in [4.78, 5) is 0. The van der Waals surface area contributed by atoms with E-state index in [1.54, 1.807) is 0 Å². The second kappa shape index (κ2) is 12.2. The molecule has 0 aromatic heterocycles. The molecule has 0 aromatic carbocycles. The molecule has 0 aromatic rings. The zero-order valence-corrected chi connectivity index (χ0v) is 18.1. The lowest BCUT2D eigenvalue weighted by molar-refractivity contribution is 0.0327. The molecule has 2 saturated carbocycles. The SMILES string of the molecule is CCCC(CCC)C1(/C=C/CO[C@H]2CC[C@H](CCC)CC2)CCCCC1. The van der Waals surface area contributed by atoms with Gasteiger partial charge in [0.1, 0.15) is 0 Å². The average molecular weight is 363 g/mol. The molecule has 0 spiro atoms. The molecule has 1 nitrogen and oxygen atoms in total. The summed E-state index contributed by atoms with van der Waals surface area (Å²) < 4.78 is 6.26. The quantitative estimate of drug-likeness (QED) is 0.337. The Labute approximate surface area is 164 Å². The first-order valence-electron chi connectivity index (χ1n) is 12.0. The zero-order chi connectivity index (χ0) is 18.7. The fourth-order valence-electron chi connectivity index (χ4n) is 5.81. The van der Waals surface area contributed by atoms with Crippen molar-refractivity contribution in [1.29, 1.82) is 0 Å². The van der Waals surface area contributed by atoms with Crippen LogP contribution in [0.15, 0.2) is 12.2 Å². The van der Waals surface area contributed by atoms with E-state index in [1.807, 2.05) is 0 Å². The Morgan fingerprint density at radius 1 is 0.885 bits per heavy atom. The molecule has 0 heterocycles. The van der Waals surface area contributed by atoms with Gasteiger partial charge >= 0.3 is 0 Å². The van der Waals surface area contributed by atoms with Crippen LogP contribution in [0.4, 0.5) is 0 Å². The van der Waals surface area contributed by atoms with E-state index in [4.69, 9.17) is 4.74 Å². The van der Waals surface area contributed by atoms with E-state index in [2.05, 4.69) is 32.9 Å². The van der Waals surface area contributed by atoms with Crippen LogP contribution < -0.4 is 0 Å². The highest BCUT2D eigenvalue weighted by Crippen LogP contribution is 2.47. The third kappa shape index (κ3) is 6.70. The summed E-state index contributed by atoms with van der Waals surface area (Å²) in [5.41, 5.74) is 0.479. The van der Waals surface area contributed by atoms with Gasteiger partial charge in [0.15, 0.2) is 0 Å². The van der Waals surface area contributed by atoms with Crippen LogP contribution in [-0.2, 0) is 4.74 Å². The Bertz CT molecular complexity index is 366. The number of ether oxygens (including phenoxy) is 1. The summed E-state index contributed by atoms with van der Waals surface area (Å²) in [5, 5.41) is 0. The van der Waals surface area contributed by atoms with Crippen molar-refractivity contribution >= 4 is 0 Å². The molecular formula is C25H46O. The van der Waals surface area contributed by atoms with Gasteiger partial charge in [-0.3, -0.25) is 0 Å². The van der Waals surface area contributed by atoms with Crippen molar-refractivity contribution in [3.63, 3.8) is 0 Å². The molecule has 0 radical (unpaired) electrons. The van der Waals surface area contributed by atoms with E-state index in [1.165, 1.54) is 96.3 Å². The predicted octanol–water partition coefficient (Wildman–Crippen LogP) is 8.09. The van der Waals surface area contributed by atoms with Gasteiger partial charge in [0, 0.05) is 0 Å². The molecule has 0 saturated heterocycles. The Kier molecular flexibility index (Phi) is 10.3. The number of rotatable bonds is 11. The van der Waals surface area contributed by atoms with E-state index in [9.17, 15) is 0 Å². The van der Waals surface area contributed by atoms with Crippen molar-refractivity contribution < 1.29 is 4.74 Å². The van der Waals surface area contributed by atoms with Crippen molar-refractivity contribution in [2.75, 3.05) is 6.61 Å². The molecule has 1 heteroatoms. The van der Waals surface area contributed by atoms with Crippen molar-refractivity contribution in [3.05, 3.63) is 12.2 Å². The molecule has 2 aliphatic rings. The Hall–Kier alpha value is -0.300. The molecule has 0 aliphatic heterocycles. The van der Waals surface area contributed by atoms with Gasteiger partial charge in [0.05, 0.1) is 12.7 Å². The highest BCUT2D eigenvalue weighted by Gasteiger charge is 2.36. The monoisotopic (exact) mass is 362 g/mol. The second-order valence-electron chi connectivity index (χ2n) is 9.24. The highest BCUT2D eigenvalue weighted by molar-refractivity contribution is 5.05. The zero-order valence-electron chi connectivity index (χ0n) is 18.1. The lowest BCUT2D eigenvalue weighted by Gasteiger charge is -2.42. The number of allylic oxidation sites excluding steroid dienone is 1. The summed E-state index contributed by atoms with van der Waals surface area (Å²) in [6.07, 6.45) is 26.3. The molecular weight excluding hydrogens is 316 g/mol. The maximum atomic E-state index is 6.26. The molecule has 26 heavy (non-hydrogen) atoms. The van der Waals surface area contributed by atoms with Crippen LogP contribution in [-0.4, -0.2) is 12.7 Å². The van der Waals surface area contributed by atoms with Crippen molar-refractivity contribution in [3.8, 4) is 0 Å². The highest BCUT2D eigenvalue weighted by atomic mass is 16.5. The van der Waals surface area contributed by atoms with Crippen molar-refractivity contribution in [2.24, 2.45) is 17.3 Å². The molecule has 0 bridgehead atoms. The van der Waals surface area contributed by atoms with Crippen LogP contribution in [0.3, 0.4) is 0 Å². The smallest absolute Gasteiger partial charge is 0.0651 e. The van der Waals surface area contributed by atoms with Crippen LogP contribution in [0.1, 0.15) is 117 Å². The minimum Gasteiger partial charge on any atom is -0.374 e. The van der Waals surface area contributed by atoms with E-state index in [-0.39, 0.29) is 0 Å². The van der Waals surface area contributed by atoms with Gasteiger partial charge in [-0.2, -0.15) is 0 Å². The first kappa shape index (κ1) is 22.0. The van der Waals surface area contributed by atoms with Crippen LogP contribution in [0.5, 0.6) is 0 Å². The third-order valence-corrected chi connectivity index (χ3v) is 7.24. The Morgan fingerprint density at radius 3 is 2.12 bits per heavy atom. The second-order valence-corrected chi connectivity index (χ2v) is 9.24. The van der Waals surface area contributed by atoms with Crippen molar-refractivity contribution in [2.45, 2.75) is 123 Å². The lowest BCUT2D eigenvalue weighted by atomic mass is 9.63. The van der Waals surface area contributed by atoms with Gasteiger partial charge in [-0.1, -0.05) is 77.9 Å². The van der Waals surface area contributed by atoms with E-state index < -0.39 is 0 Å². The first-order chi connectivity index (χ1) is 12.7. The largest absolute Gasteiger partial charge is 0.374 e. The fraction of sp³-hybridized carbons (Fsp3) is 0.920. The minimum absolute atomic E-state index is 0.479. The maximum absolute atomic E-state index is 6.26. The van der Waals surface area contributed by atoms with Gasteiger partial charge in [0.25, 0.3) is 0 Å².